The first-order chi connectivity index (χ1) is 9.06. The van der Waals surface area contributed by atoms with E-state index in [9.17, 15) is 0 Å². The van der Waals surface area contributed by atoms with Crippen molar-refractivity contribution in [3.8, 4) is 0 Å². The van der Waals surface area contributed by atoms with Crippen LogP contribution in [0.3, 0.4) is 0 Å². The number of aromatic amines is 1. The maximum atomic E-state index is 5.04. The summed E-state index contributed by atoms with van der Waals surface area (Å²) in [5.41, 5.74) is 2.88. The van der Waals surface area contributed by atoms with E-state index in [0.29, 0.717) is 11.8 Å². The lowest BCUT2D eigenvalue weighted by molar-refractivity contribution is 0.458. The van der Waals surface area contributed by atoms with Crippen molar-refractivity contribution in [2.75, 3.05) is 0 Å². The molecule has 20 heavy (non-hydrogen) atoms. The average Bonchev–Trinajstić information content (AvgIpc) is 2.84. The smallest absolute Gasteiger partial charge is 0.112 e. The number of hydrogen-bond donors (Lipinski definition) is 1. The minimum absolute atomic E-state index is 0.119. The zero-order valence-electron chi connectivity index (χ0n) is 15.0. The van der Waals surface area contributed by atoms with Crippen LogP contribution in [0.5, 0.6) is 0 Å². The highest BCUT2D eigenvalue weighted by molar-refractivity contribution is 5.28. The van der Waals surface area contributed by atoms with Gasteiger partial charge in [-0.1, -0.05) is 62.3 Å². The van der Waals surface area contributed by atoms with Gasteiger partial charge in [-0.25, -0.2) is 4.98 Å². The normalized spacial score (nSPS) is 14.9. The van der Waals surface area contributed by atoms with Crippen molar-refractivity contribution < 1.29 is 0 Å². The molecule has 1 N–H and O–H groups in total. The maximum absolute atomic E-state index is 5.04. The Balaban J connectivity index is 3.41. The van der Waals surface area contributed by atoms with Crippen LogP contribution >= 0.6 is 0 Å². The van der Waals surface area contributed by atoms with Gasteiger partial charge in [0.05, 0.1) is 5.69 Å². The topological polar surface area (TPSA) is 28.7 Å². The van der Waals surface area contributed by atoms with Gasteiger partial charge >= 0.3 is 0 Å². The molecule has 1 aromatic rings. The Hall–Kier alpha value is -0.790. The highest BCUT2D eigenvalue weighted by Crippen LogP contribution is 2.37. The molecule has 2 heteroatoms. The van der Waals surface area contributed by atoms with Crippen LogP contribution in [0, 0.1) is 5.92 Å². The minimum atomic E-state index is 0.119. The van der Waals surface area contributed by atoms with Gasteiger partial charge in [0.1, 0.15) is 5.82 Å². The molecule has 2 nitrogen and oxygen atoms in total. The molecule has 1 aromatic heterocycles. The van der Waals surface area contributed by atoms with Crippen LogP contribution in [0.1, 0.15) is 98.3 Å². The van der Waals surface area contributed by atoms with Crippen molar-refractivity contribution in [3.63, 3.8) is 0 Å². The quantitative estimate of drug-likeness (QED) is 0.726. The number of imidazole rings is 1. The predicted octanol–water partition coefficient (Wildman–Crippen LogP) is 5.54. The number of aromatic nitrogens is 2. The van der Waals surface area contributed by atoms with E-state index < -0.39 is 0 Å². The molecule has 0 aliphatic carbocycles. The number of nitrogens with zero attached hydrogens (tertiary/aromatic N) is 1. The molecule has 0 aliphatic heterocycles. The fourth-order valence-corrected chi connectivity index (χ4v) is 2.22. The molecule has 0 saturated carbocycles. The van der Waals surface area contributed by atoms with Crippen molar-refractivity contribution >= 4 is 0 Å². The fourth-order valence-electron chi connectivity index (χ4n) is 2.22. The van der Waals surface area contributed by atoms with Gasteiger partial charge < -0.3 is 4.98 Å². The first-order valence-electron chi connectivity index (χ1n) is 8.17. The van der Waals surface area contributed by atoms with E-state index in [2.05, 4.69) is 67.3 Å². The number of rotatable bonds is 6. The summed E-state index contributed by atoms with van der Waals surface area (Å²) in [5, 5.41) is 0. The van der Waals surface area contributed by atoms with Gasteiger partial charge in [0.25, 0.3) is 0 Å². The molecule has 1 unspecified atom stereocenters. The first kappa shape index (κ1) is 17.3. The Bertz CT molecular complexity index is 438. The van der Waals surface area contributed by atoms with Gasteiger partial charge in [-0.3, -0.25) is 0 Å². The summed E-state index contributed by atoms with van der Waals surface area (Å²) in [6.07, 6.45) is 2.21. The predicted molar refractivity (Wildman–Crippen MR) is 88.5 cm³/mol. The minimum Gasteiger partial charge on any atom is -0.345 e. The summed E-state index contributed by atoms with van der Waals surface area (Å²) in [6.45, 7) is 20.6. The second-order valence-corrected chi connectivity index (χ2v) is 7.86. The second-order valence-electron chi connectivity index (χ2n) is 7.86. The molecular weight excluding hydrogens is 244 g/mol. The molecule has 0 aliphatic rings. The Kier molecular flexibility index (Phi) is 5.10. The van der Waals surface area contributed by atoms with Crippen molar-refractivity contribution in [2.45, 2.75) is 91.9 Å². The zero-order chi connectivity index (χ0) is 15.7. The third-order valence-electron chi connectivity index (χ3n) is 5.24. The highest BCUT2D eigenvalue weighted by Gasteiger charge is 2.32. The lowest BCUT2D eigenvalue weighted by Crippen LogP contribution is -2.21. The number of nitrogens with one attached hydrogen (secondary N) is 1. The van der Waals surface area contributed by atoms with E-state index in [-0.39, 0.29) is 10.8 Å². The molecule has 0 fully saturated rings. The molecule has 1 rings (SSSR count). The third kappa shape index (κ3) is 3.27. The van der Waals surface area contributed by atoms with Crippen molar-refractivity contribution in [3.05, 3.63) is 17.2 Å². The molecular formula is C18H34N2. The monoisotopic (exact) mass is 278 g/mol. The largest absolute Gasteiger partial charge is 0.345 e. The molecule has 116 valence electrons. The van der Waals surface area contributed by atoms with Crippen LogP contribution in [-0.2, 0) is 10.8 Å². The lowest BCUT2D eigenvalue weighted by atomic mass is 9.81. The molecule has 1 heterocycles. The van der Waals surface area contributed by atoms with E-state index in [1.54, 1.807) is 0 Å². The summed E-state index contributed by atoms with van der Waals surface area (Å²) in [6, 6.07) is 0. The molecule has 0 spiro atoms. The van der Waals surface area contributed by atoms with Gasteiger partial charge in [-0.2, -0.15) is 0 Å². The van der Waals surface area contributed by atoms with Gasteiger partial charge in [0.2, 0.25) is 0 Å². The number of hydrogen-bond acceptors (Lipinski definition) is 1. The van der Waals surface area contributed by atoms with Crippen molar-refractivity contribution in [1.82, 2.24) is 9.97 Å². The first-order valence-corrected chi connectivity index (χ1v) is 8.17. The van der Waals surface area contributed by atoms with Crippen LogP contribution in [0.15, 0.2) is 0 Å². The van der Waals surface area contributed by atoms with Gasteiger partial charge in [-0.15, -0.1) is 0 Å². The van der Waals surface area contributed by atoms with Crippen LogP contribution in [0.2, 0.25) is 0 Å². The van der Waals surface area contributed by atoms with Crippen LogP contribution in [0.25, 0.3) is 0 Å². The maximum Gasteiger partial charge on any atom is 0.112 e. The van der Waals surface area contributed by atoms with E-state index in [1.807, 2.05) is 0 Å². The summed E-state index contributed by atoms with van der Waals surface area (Å²) in [5.74, 6) is 2.29. The SMILES string of the molecule is CCC(C)(C)c1nc(C(C)(C)CC)c(C(C)C(C)C)[nH]1. The van der Waals surface area contributed by atoms with Crippen LogP contribution < -0.4 is 0 Å². The van der Waals surface area contributed by atoms with Crippen molar-refractivity contribution in [2.24, 2.45) is 5.92 Å². The average molecular weight is 278 g/mol. The zero-order valence-corrected chi connectivity index (χ0v) is 15.0. The lowest BCUT2D eigenvalue weighted by Gasteiger charge is -2.25. The third-order valence-corrected chi connectivity index (χ3v) is 5.24. The molecule has 1 atom stereocenters. The molecule has 0 aromatic carbocycles. The molecule has 0 amide bonds. The molecule has 0 bridgehead atoms. The van der Waals surface area contributed by atoms with Gasteiger partial charge in [-0.05, 0) is 18.8 Å². The summed E-state index contributed by atoms with van der Waals surface area (Å²) < 4.78 is 0. The highest BCUT2D eigenvalue weighted by atomic mass is 15.0. The van der Waals surface area contributed by atoms with Gasteiger partial charge in [0.15, 0.2) is 0 Å². The fraction of sp³-hybridized carbons (Fsp3) is 0.833. The Morgan fingerprint density at radius 2 is 1.45 bits per heavy atom. The summed E-state index contributed by atoms with van der Waals surface area (Å²) >= 11 is 0. The summed E-state index contributed by atoms with van der Waals surface area (Å²) in [4.78, 5) is 8.73. The van der Waals surface area contributed by atoms with Crippen LogP contribution in [0.4, 0.5) is 0 Å². The Morgan fingerprint density at radius 3 is 1.85 bits per heavy atom. The van der Waals surface area contributed by atoms with E-state index in [1.165, 1.54) is 11.4 Å². The second kappa shape index (κ2) is 5.91. The van der Waals surface area contributed by atoms with E-state index >= 15 is 0 Å². The van der Waals surface area contributed by atoms with E-state index in [0.717, 1.165) is 18.7 Å². The molecule has 0 radical (unpaired) electrons. The van der Waals surface area contributed by atoms with Gasteiger partial charge in [0, 0.05) is 22.4 Å². The van der Waals surface area contributed by atoms with Crippen molar-refractivity contribution in [1.29, 1.82) is 0 Å². The summed E-state index contributed by atoms with van der Waals surface area (Å²) in [7, 11) is 0. The van der Waals surface area contributed by atoms with Crippen LogP contribution in [-0.4, -0.2) is 9.97 Å². The molecule has 0 saturated heterocycles. The van der Waals surface area contributed by atoms with E-state index in [4.69, 9.17) is 4.98 Å². The number of H-pyrrole nitrogens is 1. The Labute approximate surface area is 125 Å². The Morgan fingerprint density at radius 1 is 0.950 bits per heavy atom. The standard InChI is InChI=1S/C18H34N2/c1-10-17(6,7)15-14(13(5)12(3)4)19-16(20-15)18(8,9)11-2/h12-13H,10-11H2,1-9H3,(H,19,20).